The quantitative estimate of drug-likeness (QED) is 0.583. The van der Waals surface area contributed by atoms with Gasteiger partial charge in [0.2, 0.25) is 5.91 Å². The number of carbonyl (C=O) groups is 1. The van der Waals surface area contributed by atoms with Crippen molar-refractivity contribution in [2.75, 3.05) is 13.1 Å². The molecule has 3 N–H and O–H groups in total. The Balaban J connectivity index is 1.19. The van der Waals surface area contributed by atoms with Crippen LogP contribution >= 0.6 is 11.3 Å². The van der Waals surface area contributed by atoms with Crippen LogP contribution in [0.5, 0.6) is 0 Å². The number of hydrogen-bond acceptors (Lipinski definition) is 6. The number of nitrogens with one attached hydrogen (secondary N) is 2. The van der Waals surface area contributed by atoms with Crippen molar-refractivity contribution in [1.29, 1.82) is 0 Å². The fraction of sp³-hybridized carbons (Fsp3) is 0.500. The zero-order valence-corrected chi connectivity index (χ0v) is 17.9. The van der Waals surface area contributed by atoms with Gasteiger partial charge in [0.15, 0.2) is 0 Å². The minimum Gasteiger partial charge on any atom is -0.391 e. The van der Waals surface area contributed by atoms with Gasteiger partial charge in [-0.3, -0.25) is 14.8 Å². The SMILES string of the molecule is Cc1nc(CC(=O)N[C@H]2C[C@H]3CN(Cc4[nH]nc5ccccc45)C[C@H]3C[C@@H]2O)cs1. The summed E-state index contributed by atoms with van der Waals surface area (Å²) in [7, 11) is 0. The number of benzene rings is 1. The minimum atomic E-state index is -0.486. The Morgan fingerprint density at radius 1 is 1.30 bits per heavy atom. The van der Waals surface area contributed by atoms with Crippen molar-refractivity contribution >= 4 is 28.1 Å². The molecule has 5 rings (SSSR count). The lowest BCUT2D eigenvalue weighted by atomic mass is 9.77. The molecule has 0 spiro atoms. The van der Waals surface area contributed by atoms with Crippen LogP contribution in [0.4, 0.5) is 0 Å². The molecule has 1 saturated carbocycles. The van der Waals surface area contributed by atoms with E-state index in [0.29, 0.717) is 11.8 Å². The maximum atomic E-state index is 12.4. The third kappa shape index (κ3) is 3.99. The van der Waals surface area contributed by atoms with Crippen molar-refractivity contribution in [2.24, 2.45) is 11.8 Å². The first-order valence-corrected chi connectivity index (χ1v) is 11.5. The zero-order chi connectivity index (χ0) is 20.7. The molecule has 0 bridgehead atoms. The molecule has 1 aromatic carbocycles. The first-order valence-electron chi connectivity index (χ1n) is 10.6. The van der Waals surface area contributed by atoms with E-state index in [9.17, 15) is 9.90 Å². The molecule has 2 fully saturated rings. The van der Waals surface area contributed by atoms with Crippen LogP contribution in [0.15, 0.2) is 29.6 Å². The number of aromatic amines is 1. The molecule has 2 aliphatic rings. The average molecular weight is 426 g/mol. The molecule has 1 aliphatic carbocycles. The van der Waals surface area contributed by atoms with Gasteiger partial charge in [-0.1, -0.05) is 18.2 Å². The third-order valence-electron chi connectivity index (χ3n) is 6.49. The number of likely N-dealkylation sites (tertiary alicyclic amines) is 1. The van der Waals surface area contributed by atoms with Crippen LogP contribution in [0, 0.1) is 18.8 Å². The summed E-state index contributed by atoms with van der Waals surface area (Å²) in [4.78, 5) is 19.3. The number of hydrogen-bond donors (Lipinski definition) is 3. The number of thiazole rings is 1. The summed E-state index contributed by atoms with van der Waals surface area (Å²) in [5.74, 6) is 0.916. The number of para-hydroxylation sites is 1. The van der Waals surface area contributed by atoms with Gasteiger partial charge in [-0.05, 0) is 37.7 Å². The molecule has 2 aromatic heterocycles. The van der Waals surface area contributed by atoms with Gasteiger partial charge in [0.05, 0.1) is 40.5 Å². The van der Waals surface area contributed by atoms with Gasteiger partial charge in [-0.2, -0.15) is 5.10 Å². The molecule has 3 heterocycles. The largest absolute Gasteiger partial charge is 0.391 e. The zero-order valence-electron chi connectivity index (χ0n) is 17.0. The van der Waals surface area contributed by atoms with Crippen LogP contribution in [0.2, 0.25) is 0 Å². The number of aromatic nitrogens is 3. The Hall–Kier alpha value is -2.29. The van der Waals surface area contributed by atoms with Crippen LogP contribution in [0.25, 0.3) is 10.9 Å². The summed E-state index contributed by atoms with van der Waals surface area (Å²) >= 11 is 1.55. The van der Waals surface area contributed by atoms with E-state index in [1.54, 1.807) is 11.3 Å². The van der Waals surface area contributed by atoms with Gasteiger partial charge in [0, 0.05) is 30.4 Å². The molecule has 30 heavy (non-hydrogen) atoms. The maximum absolute atomic E-state index is 12.4. The molecule has 4 atom stereocenters. The molecule has 1 aliphatic heterocycles. The Labute approximate surface area is 179 Å². The summed E-state index contributed by atoms with van der Waals surface area (Å²) in [6, 6.07) is 8.00. The van der Waals surface area contributed by atoms with Gasteiger partial charge >= 0.3 is 0 Å². The predicted molar refractivity (Wildman–Crippen MR) is 116 cm³/mol. The van der Waals surface area contributed by atoms with Crippen molar-refractivity contribution in [3.63, 3.8) is 0 Å². The summed E-state index contributed by atoms with van der Waals surface area (Å²) in [6.45, 7) is 4.75. The van der Waals surface area contributed by atoms with Crippen molar-refractivity contribution < 1.29 is 9.90 Å². The molecular weight excluding hydrogens is 398 g/mol. The van der Waals surface area contributed by atoms with E-state index >= 15 is 0 Å². The number of carbonyl (C=O) groups excluding carboxylic acids is 1. The summed E-state index contributed by atoms with van der Waals surface area (Å²) in [5.41, 5.74) is 2.95. The van der Waals surface area contributed by atoms with E-state index in [-0.39, 0.29) is 18.4 Å². The van der Waals surface area contributed by atoms with Crippen LogP contribution in [-0.4, -0.2) is 56.3 Å². The molecule has 0 unspecified atom stereocenters. The lowest BCUT2D eigenvalue weighted by Crippen LogP contribution is -2.49. The fourth-order valence-electron chi connectivity index (χ4n) is 5.08. The van der Waals surface area contributed by atoms with Gasteiger partial charge < -0.3 is 10.4 Å². The van der Waals surface area contributed by atoms with E-state index in [0.717, 1.165) is 54.4 Å². The van der Waals surface area contributed by atoms with Crippen LogP contribution < -0.4 is 5.32 Å². The van der Waals surface area contributed by atoms with Crippen LogP contribution in [0.3, 0.4) is 0 Å². The van der Waals surface area contributed by atoms with Gasteiger partial charge in [0.1, 0.15) is 0 Å². The monoisotopic (exact) mass is 425 g/mol. The summed E-state index contributed by atoms with van der Waals surface area (Å²) in [6.07, 6.45) is 1.36. The number of aliphatic hydroxyl groups excluding tert-OH is 1. The highest BCUT2D eigenvalue weighted by Crippen LogP contribution is 2.37. The Bertz CT molecular complexity index is 1050. The van der Waals surface area contributed by atoms with Crippen LogP contribution in [-0.2, 0) is 17.8 Å². The molecule has 0 radical (unpaired) electrons. The van der Waals surface area contributed by atoms with Gasteiger partial charge in [-0.25, -0.2) is 4.98 Å². The maximum Gasteiger partial charge on any atom is 0.226 e. The Morgan fingerprint density at radius 3 is 2.90 bits per heavy atom. The van der Waals surface area contributed by atoms with E-state index in [1.807, 2.05) is 30.5 Å². The second-order valence-electron chi connectivity index (χ2n) is 8.68. The van der Waals surface area contributed by atoms with Gasteiger partial charge in [0.25, 0.3) is 0 Å². The molecule has 8 heteroatoms. The third-order valence-corrected chi connectivity index (χ3v) is 7.32. The van der Waals surface area contributed by atoms with Crippen molar-refractivity contribution in [1.82, 2.24) is 25.4 Å². The Morgan fingerprint density at radius 2 is 2.10 bits per heavy atom. The number of aryl methyl sites for hydroxylation is 1. The molecule has 158 valence electrons. The highest BCUT2D eigenvalue weighted by Gasteiger charge is 2.42. The highest BCUT2D eigenvalue weighted by molar-refractivity contribution is 7.09. The van der Waals surface area contributed by atoms with E-state index in [4.69, 9.17) is 0 Å². The number of amides is 1. The highest BCUT2D eigenvalue weighted by atomic mass is 32.1. The smallest absolute Gasteiger partial charge is 0.226 e. The number of aliphatic hydroxyl groups is 1. The molecule has 1 amide bonds. The number of rotatable bonds is 5. The molecular formula is C22H27N5O2S. The molecule has 7 nitrogen and oxygen atoms in total. The average Bonchev–Trinajstić information content (AvgIpc) is 3.41. The molecule has 1 saturated heterocycles. The second-order valence-corrected chi connectivity index (χ2v) is 9.74. The van der Waals surface area contributed by atoms with E-state index in [2.05, 4.69) is 31.5 Å². The van der Waals surface area contributed by atoms with E-state index in [1.165, 1.54) is 5.39 Å². The van der Waals surface area contributed by atoms with Crippen LogP contribution in [0.1, 0.15) is 29.2 Å². The normalized spacial score (nSPS) is 26.7. The fourth-order valence-corrected chi connectivity index (χ4v) is 5.69. The van der Waals surface area contributed by atoms with Crippen molar-refractivity contribution in [3.05, 3.63) is 46.0 Å². The molecule has 3 aromatic rings. The number of nitrogens with zero attached hydrogens (tertiary/aromatic N) is 3. The summed E-state index contributed by atoms with van der Waals surface area (Å²) < 4.78 is 0. The Kier molecular flexibility index (Phi) is 5.30. The minimum absolute atomic E-state index is 0.0541. The number of fused-ring (bicyclic) bond motifs is 2. The van der Waals surface area contributed by atoms with Crippen molar-refractivity contribution in [2.45, 2.75) is 44.9 Å². The topological polar surface area (TPSA) is 94.1 Å². The van der Waals surface area contributed by atoms with E-state index < -0.39 is 6.10 Å². The lowest BCUT2D eigenvalue weighted by Gasteiger charge is -2.35. The standard InChI is InChI=1S/C22H27N5O2S/c1-13-23-16(12-30-13)8-22(29)24-19-6-14-9-27(10-15(14)7-21(19)28)11-20-17-4-2-3-5-18(17)25-26-20/h2-5,12,14-15,19,21,28H,6-11H2,1H3,(H,24,29)(H,25,26)/t14-,15+,19-,21-/m0/s1. The summed E-state index contributed by atoms with van der Waals surface area (Å²) in [5, 5.41) is 25.4. The van der Waals surface area contributed by atoms with Crippen molar-refractivity contribution in [3.8, 4) is 0 Å². The number of H-pyrrole nitrogens is 1. The first kappa shape index (κ1) is 19.7. The second kappa shape index (κ2) is 8.09. The van der Waals surface area contributed by atoms with Gasteiger partial charge in [-0.15, -0.1) is 11.3 Å². The lowest BCUT2D eigenvalue weighted by molar-refractivity contribution is -0.122. The first-order chi connectivity index (χ1) is 14.5. The predicted octanol–water partition coefficient (Wildman–Crippen LogP) is 2.26.